The number of hydrogen-bond acceptors (Lipinski definition) is 3. The second-order valence-electron chi connectivity index (χ2n) is 8.27. The topological polar surface area (TPSA) is 33.1 Å². The van der Waals surface area contributed by atoms with Crippen molar-refractivity contribution in [3.05, 3.63) is 52.5 Å². The Labute approximate surface area is 160 Å². The summed E-state index contributed by atoms with van der Waals surface area (Å²) in [5, 5.41) is 11.6. The van der Waals surface area contributed by atoms with Gasteiger partial charge in [-0.3, -0.25) is 0 Å². The molecule has 2 aromatic carbocycles. The first-order valence-electron chi connectivity index (χ1n) is 8.62. The van der Waals surface area contributed by atoms with Crippen LogP contribution in [-0.2, 0) is 17.2 Å². The molecule has 0 fully saturated rings. The molecule has 27 heavy (non-hydrogen) atoms. The molecule has 0 aliphatic carbocycles. The van der Waals surface area contributed by atoms with Crippen molar-refractivity contribution in [2.24, 2.45) is 0 Å². The average Bonchev–Trinajstić information content (AvgIpc) is 2.95. The summed E-state index contributed by atoms with van der Waals surface area (Å²) < 4.78 is 40.3. The predicted octanol–water partition coefficient (Wildman–Crippen LogP) is 6.51. The zero-order valence-corrected chi connectivity index (χ0v) is 16.7. The molecule has 1 N–H and O–H groups in total. The van der Waals surface area contributed by atoms with E-state index in [-0.39, 0.29) is 5.41 Å². The van der Waals surface area contributed by atoms with E-state index in [1.165, 1.54) is 17.4 Å². The molecule has 1 aromatic heterocycles. The molecule has 0 spiro atoms. The largest absolute Gasteiger partial charge is 0.416 e. The van der Waals surface area contributed by atoms with E-state index in [1.807, 2.05) is 6.07 Å². The lowest BCUT2D eigenvalue weighted by Gasteiger charge is -2.22. The Kier molecular flexibility index (Phi) is 4.64. The van der Waals surface area contributed by atoms with Crippen LogP contribution in [0.3, 0.4) is 0 Å². The molecule has 3 rings (SSSR count). The second kappa shape index (κ2) is 6.31. The molecule has 3 aromatic rings. The van der Waals surface area contributed by atoms with Crippen LogP contribution < -0.4 is 0 Å². The Bertz CT molecular complexity index is 991. The highest BCUT2D eigenvalue weighted by Crippen LogP contribution is 2.40. The third-order valence-electron chi connectivity index (χ3n) is 4.33. The molecule has 144 valence electrons. The Hall–Kier alpha value is -1.92. The molecule has 0 amide bonds. The van der Waals surface area contributed by atoms with E-state index >= 15 is 0 Å². The van der Waals surface area contributed by atoms with Gasteiger partial charge < -0.3 is 5.11 Å². The molecular formula is C21H22F3NOS. The lowest BCUT2D eigenvalue weighted by molar-refractivity contribution is -0.137. The summed E-state index contributed by atoms with van der Waals surface area (Å²) in [5.74, 6) is 0. The smallest absolute Gasteiger partial charge is 0.386 e. The van der Waals surface area contributed by atoms with Gasteiger partial charge in [0.25, 0.3) is 0 Å². The van der Waals surface area contributed by atoms with Crippen molar-refractivity contribution in [1.29, 1.82) is 0 Å². The summed E-state index contributed by atoms with van der Waals surface area (Å²) >= 11 is 1.53. The van der Waals surface area contributed by atoms with Crippen LogP contribution in [0.2, 0.25) is 0 Å². The van der Waals surface area contributed by atoms with Gasteiger partial charge in [-0.25, -0.2) is 4.98 Å². The lowest BCUT2D eigenvalue weighted by atomic mass is 9.88. The van der Waals surface area contributed by atoms with E-state index in [1.54, 1.807) is 26.0 Å². The van der Waals surface area contributed by atoms with Crippen LogP contribution in [0.5, 0.6) is 0 Å². The van der Waals surface area contributed by atoms with Crippen LogP contribution >= 0.6 is 11.3 Å². The number of rotatable bonds is 2. The minimum absolute atomic E-state index is 0.130. The molecule has 6 heteroatoms. The van der Waals surface area contributed by atoms with E-state index in [2.05, 4.69) is 25.8 Å². The quantitative estimate of drug-likeness (QED) is 0.538. The number of benzene rings is 2. The number of alkyl halides is 3. The average molecular weight is 393 g/mol. The van der Waals surface area contributed by atoms with Crippen LogP contribution in [-0.4, -0.2) is 10.1 Å². The van der Waals surface area contributed by atoms with Gasteiger partial charge in [-0.15, -0.1) is 11.3 Å². The molecular weight excluding hydrogens is 371 g/mol. The molecule has 0 unspecified atom stereocenters. The van der Waals surface area contributed by atoms with Crippen molar-refractivity contribution in [2.45, 2.75) is 51.8 Å². The van der Waals surface area contributed by atoms with Crippen LogP contribution in [0.25, 0.3) is 21.3 Å². The number of aliphatic hydroxyl groups is 1. The molecule has 0 bridgehead atoms. The van der Waals surface area contributed by atoms with E-state index in [9.17, 15) is 18.3 Å². The molecule has 0 radical (unpaired) electrons. The highest BCUT2D eigenvalue weighted by atomic mass is 32.1. The summed E-state index contributed by atoms with van der Waals surface area (Å²) in [5.41, 5.74) is 0.261. The molecule has 0 aliphatic rings. The maximum Gasteiger partial charge on any atom is 0.416 e. The van der Waals surface area contributed by atoms with Crippen molar-refractivity contribution >= 4 is 21.6 Å². The van der Waals surface area contributed by atoms with Gasteiger partial charge in [-0.05, 0) is 54.8 Å². The van der Waals surface area contributed by atoms with Gasteiger partial charge in [0.05, 0.1) is 26.4 Å². The molecule has 0 atom stereocenters. The summed E-state index contributed by atoms with van der Waals surface area (Å²) in [4.78, 5) is 4.68. The summed E-state index contributed by atoms with van der Waals surface area (Å²) in [6.45, 7) is 9.45. The highest BCUT2D eigenvalue weighted by molar-refractivity contribution is 7.18. The van der Waals surface area contributed by atoms with Gasteiger partial charge in [0, 0.05) is 5.41 Å². The van der Waals surface area contributed by atoms with Crippen LogP contribution in [0.15, 0.2) is 36.4 Å². The Balaban J connectivity index is 2.28. The van der Waals surface area contributed by atoms with Gasteiger partial charge in [-0.1, -0.05) is 32.9 Å². The van der Waals surface area contributed by atoms with E-state index in [4.69, 9.17) is 0 Å². The molecule has 1 heterocycles. The molecule has 0 saturated heterocycles. The monoisotopic (exact) mass is 393 g/mol. The van der Waals surface area contributed by atoms with Gasteiger partial charge in [0.15, 0.2) is 0 Å². The van der Waals surface area contributed by atoms with E-state index in [0.717, 1.165) is 27.4 Å². The first kappa shape index (κ1) is 19.8. The van der Waals surface area contributed by atoms with E-state index in [0.29, 0.717) is 16.7 Å². The van der Waals surface area contributed by atoms with Gasteiger partial charge in [-0.2, -0.15) is 13.2 Å². The fourth-order valence-corrected chi connectivity index (χ4v) is 3.95. The summed E-state index contributed by atoms with van der Waals surface area (Å²) in [6.07, 6.45) is -4.42. The van der Waals surface area contributed by atoms with Crippen molar-refractivity contribution in [1.82, 2.24) is 4.98 Å². The zero-order chi connectivity index (χ0) is 20.2. The van der Waals surface area contributed by atoms with Crippen molar-refractivity contribution in [2.75, 3.05) is 0 Å². The summed E-state index contributed by atoms with van der Waals surface area (Å²) in [6, 6.07) is 8.83. The van der Waals surface area contributed by atoms with Crippen LogP contribution in [0.4, 0.5) is 13.2 Å². The van der Waals surface area contributed by atoms with Crippen molar-refractivity contribution < 1.29 is 18.3 Å². The molecule has 0 saturated carbocycles. The van der Waals surface area contributed by atoms with Crippen molar-refractivity contribution in [3.8, 4) is 11.1 Å². The number of fused-ring (bicyclic) bond motifs is 1. The third kappa shape index (κ3) is 4.01. The minimum atomic E-state index is -4.42. The second-order valence-corrected chi connectivity index (χ2v) is 9.30. The Morgan fingerprint density at radius 2 is 1.63 bits per heavy atom. The SMILES string of the molecule is CC(C)(C)c1nc2cc(C(C)(C)O)c(-c3cccc(C(F)(F)F)c3)cc2s1. The third-order valence-corrected chi connectivity index (χ3v) is 5.77. The zero-order valence-electron chi connectivity index (χ0n) is 15.9. The minimum Gasteiger partial charge on any atom is -0.386 e. The molecule has 2 nitrogen and oxygen atoms in total. The fraction of sp³-hybridized carbons (Fsp3) is 0.381. The van der Waals surface area contributed by atoms with Crippen LogP contribution in [0.1, 0.15) is 50.8 Å². The number of thiazole rings is 1. The Morgan fingerprint density at radius 3 is 2.19 bits per heavy atom. The van der Waals surface area contributed by atoms with Gasteiger partial charge in [0.2, 0.25) is 0 Å². The maximum absolute atomic E-state index is 13.1. The summed E-state index contributed by atoms with van der Waals surface area (Å²) in [7, 11) is 0. The predicted molar refractivity (Wildman–Crippen MR) is 104 cm³/mol. The maximum atomic E-state index is 13.1. The first-order valence-corrected chi connectivity index (χ1v) is 9.44. The number of nitrogens with zero attached hydrogens (tertiary/aromatic N) is 1. The van der Waals surface area contributed by atoms with Crippen molar-refractivity contribution in [3.63, 3.8) is 0 Å². The number of halogens is 3. The van der Waals surface area contributed by atoms with E-state index < -0.39 is 17.3 Å². The highest BCUT2D eigenvalue weighted by Gasteiger charge is 2.31. The first-order chi connectivity index (χ1) is 12.3. The molecule has 0 aliphatic heterocycles. The lowest BCUT2D eigenvalue weighted by Crippen LogP contribution is -2.17. The number of hydrogen-bond donors (Lipinski definition) is 1. The Morgan fingerprint density at radius 1 is 0.963 bits per heavy atom. The normalized spacial score (nSPS) is 13.4. The van der Waals surface area contributed by atoms with Gasteiger partial charge >= 0.3 is 6.18 Å². The number of aromatic nitrogens is 1. The van der Waals surface area contributed by atoms with Gasteiger partial charge in [0.1, 0.15) is 0 Å². The standard InChI is InChI=1S/C21H22F3NOS/c1-19(2,3)18-25-16-11-15(20(4,5)26)14(10-17(16)27-18)12-7-6-8-13(9-12)21(22,23)24/h6-11,26H,1-5H3. The fourth-order valence-electron chi connectivity index (χ4n) is 2.90. The van der Waals surface area contributed by atoms with Crippen LogP contribution in [0, 0.1) is 0 Å².